The number of benzene rings is 3. The first-order valence-electron chi connectivity index (χ1n) is 8.70. The summed E-state index contributed by atoms with van der Waals surface area (Å²) in [5.41, 5.74) is 1.42. The van der Waals surface area contributed by atoms with Crippen LogP contribution < -0.4 is 5.32 Å². The lowest BCUT2D eigenvalue weighted by molar-refractivity contribution is -0.116. The lowest BCUT2D eigenvalue weighted by Gasteiger charge is -2.22. The zero-order valence-corrected chi connectivity index (χ0v) is 19.8. The van der Waals surface area contributed by atoms with E-state index in [1.807, 2.05) is 42.5 Å². The third-order valence-corrected chi connectivity index (χ3v) is 7.15. The van der Waals surface area contributed by atoms with Gasteiger partial charge in [0.15, 0.2) is 0 Å². The van der Waals surface area contributed by atoms with Crippen LogP contribution in [0.3, 0.4) is 0 Å². The first-order valence-corrected chi connectivity index (χ1v) is 12.0. The molecule has 0 fully saturated rings. The molecule has 150 valence electrons. The summed E-state index contributed by atoms with van der Waals surface area (Å²) in [5, 5.41) is 2.76. The molecule has 3 rings (SSSR count). The molecule has 0 heterocycles. The number of anilines is 1. The van der Waals surface area contributed by atoms with E-state index in [-0.39, 0.29) is 18.0 Å². The van der Waals surface area contributed by atoms with Gasteiger partial charge in [-0.1, -0.05) is 46.3 Å². The minimum absolute atomic E-state index is 0.0966. The van der Waals surface area contributed by atoms with Crippen LogP contribution in [0.5, 0.6) is 0 Å². The highest BCUT2D eigenvalue weighted by Gasteiger charge is 2.27. The molecular formula is C21H18BrIN2O3S. The number of nitrogens with one attached hydrogen (secondary N) is 1. The number of rotatable bonds is 7. The Morgan fingerprint density at radius 1 is 0.931 bits per heavy atom. The van der Waals surface area contributed by atoms with E-state index < -0.39 is 15.9 Å². The molecule has 0 aliphatic heterocycles. The third kappa shape index (κ3) is 6.11. The van der Waals surface area contributed by atoms with Crippen LogP contribution in [0.1, 0.15) is 5.56 Å². The number of carbonyl (C=O) groups is 1. The van der Waals surface area contributed by atoms with Gasteiger partial charge in [-0.05, 0) is 76.7 Å². The van der Waals surface area contributed by atoms with Crippen molar-refractivity contribution in [3.05, 3.63) is 92.5 Å². The van der Waals surface area contributed by atoms with E-state index in [4.69, 9.17) is 0 Å². The van der Waals surface area contributed by atoms with Gasteiger partial charge >= 0.3 is 0 Å². The third-order valence-electron chi connectivity index (χ3n) is 4.10. The number of amides is 1. The first kappa shape index (κ1) is 21.9. The van der Waals surface area contributed by atoms with Crippen LogP contribution in [0.25, 0.3) is 0 Å². The van der Waals surface area contributed by atoms with Crippen molar-refractivity contribution in [3.8, 4) is 0 Å². The van der Waals surface area contributed by atoms with Gasteiger partial charge in [-0.3, -0.25) is 4.79 Å². The first-order chi connectivity index (χ1) is 13.8. The second-order valence-electron chi connectivity index (χ2n) is 6.27. The Labute approximate surface area is 192 Å². The van der Waals surface area contributed by atoms with Gasteiger partial charge in [-0.15, -0.1) is 0 Å². The average molecular weight is 585 g/mol. The maximum Gasteiger partial charge on any atom is 0.243 e. The molecule has 0 saturated heterocycles. The van der Waals surface area contributed by atoms with Gasteiger partial charge in [0.25, 0.3) is 0 Å². The standard InChI is InChI=1S/C21H18BrIN2O3S/c22-17-6-12-20(13-7-17)29(27,28)25(14-16-4-2-1-3-5-16)15-21(26)24-19-10-8-18(23)9-11-19/h1-13H,14-15H2,(H,24,26). The van der Waals surface area contributed by atoms with E-state index in [9.17, 15) is 13.2 Å². The van der Waals surface area contributed by atoms with Crippen molar-refractivity contribution < 1.29 is 13.2 Å². The van der Waals surface area contributed by atoms with Crippen LogP contribution in [0.4, 0.5) is 5.69 Å². The predicted octanol–water partition coefficient (Wildman–Crippen LogP) is 4.88. The number of hydrogen-bond donors (Lipinski definition) is 1. The molecule has 0 aliphatic carbocycles. The lowest BCUT2D eigenvalue weighted by atomic mass is 10.2. The molecule has 3 aromatic carbocycles. The average Bonchev–Trinajstić information content (AvgIpc) is 2.70. The van der Waals surface area contributed by atoms with Crippen LogP contribution in [0.2, 0.25) is 0 Å². The summed E-state index contributed by atoms with van der Waals surface area (Å²) in [4.78, 5) is 12.7. The van der Waals surface area contributed by atoms with E-state index in [0.717, 1.165) is 13.6 Å². The second kappa shape index (κ2) is 9.84. The summed E-state index contributed by atoms with van der Waals surface area (Å²) in [6, 6.07) is 22.9. The van der Waals surface area contributed by atoms with Gasteiger partial charge in [-0.2, -0.15) is 4.31 Å². The van der Waals surface area contributed by atoms with Gasteiger partial charge in [0.05, 0.1) is 11.4 Å². The minimum atomic E-state index is -3.86. The van der Waals surface area contributed by atoms with Crippen molar-refractivity contribution in [3.63, 3.8) is 0 Å². The minimum Gasteiger partial charge on any atom is -0.325 e. The molecule has 0 saturated carbocycles. The van der Waals surface area contributed by atoms with Gasteiger partial charge in [-0.25, -0.2) is 8.42 Å². The van der Waals surface area contributed by atoms with Crippen LogP contribution >= 0.6 is 38.5 Å². The molecule has 0 radical (unpaired) electrons. The van der Waals surface area contributed by atoms with Gasteiger partial charge in [0.1, 0.15) is 0 Å². The van der Waals surface area contributed by atoms with Crippen molar-refractivity contribution in [2.45, 2.75) is 11.4 Å². The fourth-order valence-electron chi connectivity index (χ4n) is 2.66. The largest absolute Gasteiger partial charge is 0.325 e. The molecule has 1 N–H and O–H groups in total. The highest BCUT2D eigenvalue weighted by atomic mass is 127. The summed E-state index contributed by atoms with van der Waals surface area (Å²) >= 11 is 5.49. The monoisotopic (exact) mass is 584 g/mol. The molecule has 1 amide bonds. The van der Waals surface area contributed by atoms with Crippen molar-refractivity contribution in [1.29, 1.82) is 0 Å². The summed E-state index contributed by atoms with van der Waals surface area (Å²) in [6.07, 6.45) is 0. The Morgan fingerprint density at radius 3 is 2.17 bits per heavy atom. The summed E-state index contributed by atoms with van der Waals surface area (Å²) in [7, 11) is -3.86. The van der Waals surface area contributed by atoms with Crippen LogP contribution in [-0.4, -0.2) is 25.2 Å². The molecular weight excluding hydrogens is 567 g/mol. The summed E-state index contributed by atoms with van der Waals surface area (Å²) in [5.74, 6) is -0.400. The fraction of sp³-hybridized carbons (Fsp3) is 0.0952. The van der Waals surface area contributed by atoms with Gasteiger partial charge < -0.3 is 5.32 Å². The van der Waals surface area contributed by atoms with Crippen LogP contribution in [0.15, 0.2) is 88.2 Å². The Bertz CT molecular complexity index is 1070. The zero-order chi connectivity index (χ0) is 20.9. The Morgan fingerprint density at radius 2 is 1.55 bits per heavy atom. The van der Waals surface area contributed by atoms with Crippen molar-refractivity contribution in [1.82, 2.24) is 4.31 Å². The molecule has 0 aliphatic rings. The molecule has 0 spiro atoms. The number of hydrogen-bond acceptors (Lipinski definition) is 3. The van der Waals surface area contributed by atoms with E-state index in [2.05, 4.69) is 43.8 Å². The molecule has 3 aromatic rings. The normalized spacial score (nSPS) is 11.4. The van der Waals surface area contributed by atoms with Crippen LogP contribution in [-0.2, 0) is 21.4 Å². The molecule has 0 atom stereocenters. The van der Waals surface area contributed by atoms with Crippen LogP contribution in [0, 0.1) is 3.57 Å². The molecule has 0 unspecified atom stereocenters. The fourth-order valence-corrected chi connectivity index (χ4v) is 4.67. The van der Waals surface area contributed by atoms with E-state index in [1.54, 1.807) is 24.3 Å². The molecule has 29 heavy (non-hydrogen) atoms. The van der Waals surface area contributed by atoms with E-state index in [1.165, 1.54) is 16.4 Å². The second-order valence-corrected chi connectivity index (χ2v) is 10.4. The topological polar surface area (TPSA) is 66.5 Å². The van der Waals surface area contributed by atoms with Gasteiger partial charge in [0.2, 0.25) is 15.9 Å². The van der Waals surface area contributed by atoms with E-state index in [0.29, 0.717) is 5.69 Å². The zero-order valence-electron chi connectivity index (χ0n) is 15.3. The van der Waals surface area contributed by atoms with Crippen molar-refractivity contribution in [2.75, 3.05) is 11.9 Å². The quantitative estimate of drug-likeness (QED) is 0.402. The number of carbonyl (C=O) groups excluding carboxylic acids is 1. The highest BCUT2D eigenvalue weighted by molar-refractivity contribution is 14.1. The Kier molecular flexibility index (Phi) is 7.44. The Balaban J connectivity index is 1.85. The molecule has 8 heteroatoms. The number of nitrogens with zero attached hydrogens (tertiary/aromatic N) is 1. The van der Waals surface area contributed by atoms with E-state index >= 15 is 0 Å². The summed E-state index contributed by atoms with van der Waals surface area (Å²) < 4.78 is 29.4. The van der Waals surface area contributed by atoms with Gasteiger partial charge in [0, 0.05) is 20.3 Å². The van der Waals surface area contributed by atoms with Crippen molar-refractivity contribution in [2.24, 2.45) is 0 Å². The SMILES string of the molecule is O=C(CN(Cc1ccccc1)S(=O)(=O)c1ccc(Br)cc1)Nc1ccc(I)cc1. The lowest BCUT2D eigenvalue weighted by Crippen LogP contribution is -2.37. The number of halogens is 2. The number of sulfonamides is 1. The van der Waals surface area contributed by atoms with Crippen molar-refractivity contribution >= 4 is 60.1 Å². The maximum atomic E-state index is 13.2. The predicted molar refractivity (Wildman–Crippen MR) is 126 cm³/mol. The highest BCUT2D eigenvalue weighted by Crippen LogP contribution is 2.21. The Hall–Kier alpha value is -1.75. The molecule has 5 nitrogen and oxygen atoms in total. The smallest absolute Gasteiger partial charge is 0.243 e. The molecule has 0 aromatic heterocycles. The maximum absolute atomic E-state index is 13.2. The summed E-state index contributed by atoms with van der Waals surface area (Å²) in [6.45, 7) is -0.196. The molecule has 0 bridgehead atoms.